The number of hydrogen-bond acceptors (Lipinski definition) is 7. The fourth-order valence-electron chi connectivity index (χ4n) is 1.91. The van der Waals surface area contributed by atoms with Gasteiger partial charge in [0.2, 0.25) is 5.95 Å². The highest BCUT2D eigenvalue weighted by molar-refractivity contribution is 5.86. The van der Waals surface area contributed by atoms with Crippen LogP contribution in [0.4, 0.5) is 11.8 Å². The first kappa shape index (κ1) is 12.4. The van der Waals surface area contributed by atoms with Crippen LogP contribution < -0.4 is 16.6 Å². The maximum Gasteiger partial charge on any atom is 0.241 e. The van der Waals surface area contributed by atoms with E-state index in [1.54, 1.807) is 6.20 Å². The number of H-pyrrole nitrogens is 1. The fraction of sp³-hybridized carbons (Fsp3) is 0.273. The molecule has 0 aliphatic carbocycles. The van der Waals surface area contributed by atoms with E-state index in [4.69, 9.17) is 5.84 Å². The summed E-state index contributed by atoms with van der Waals surface area (Å²) in [6.45, 7) is 3.43. The van der Waals surface area contributed by atoms with Crippen LogP contribution in [0.15, 0.2) is 18.6 Å². The van der Waals surface area contributed by atoms with Gasteiger partial charge in [-0.05, 0) is 12.5 Å². The van der Waals surface area contributed by atoms with Gasteiger partial charge in [-0.25, -0.2) is 5.84 Å². The SMILES string of the molecule is Cc1cnn(CCNc2nc(NN)nc3[nH]ncc23)c1. The molecule has 0 aliphatic rings. The first-order valence-corrected chi connectivity index (χ1v) is 6.17. The second-order valence-corrected chi connectivity index (χ2v) is 4.38. The molecule has 3 heterocycles. The predicted molar refractivity (Wildman–Crippen MR) is 74.9 cm³/mol. The van der Waals surface area contributed by atoms with Gasteiger partial charge in [0.25, 0.3) is 0 Å². The highest BCUT2D eigenvalue weighted by atomic mass is 15.3. The lowest BCUT2D eigenvalue weighted by Gasteiger charge is -2.08. The van der Waals surface area contributed by atoms with Crippen molar-refractivity contribution in [3.8, 4) is 0 Å². The van der Waals surface area contributed by atoms with Crippen molar-refractivity contribution in [3.63, 3.8) is 0 Å². The third-order valence-corrected chi connectivity index (χ3v) is 2.83. The maximum atomic E-state index is 5.35. The molecule has 3 aromatic rings. The van der Waals surface area contributed by atoms with Crippen molar-refractivity contribution in [2.45, 2.75) is 13.5 Å². The van der Waals surface area contributed by atoms with E-state index in [1.807, 2.05) is 24.0 Å². The summed E-state index contributed by atoms with van der Waals surface area (Å²) in [4.78, 5) is 8.44. The number of anilines is 2. The Morgan fingerprint density at radius 3 is 3.00 bits per heavy atom. The number of fused-ring (bicyclic) bond motifs is 1. The number of nitrogens with one attached hydrogen (secondary N) is 3. The van der Waals surface area contributed by atoms with Gasteiger partial charge >= 0.3 is 0 Å². The van der Waals surface area contributed by atoms with Crippen molar-refractivity contribution >= 4 is 22.8 Å². The zero-order valence-electron chi connectivity index (χ0n) is 11.0. The van der Waals surface area contributed by atoms with E-state index in [0.29, 0.717) is 24.0 Å². The number of hydrogen-bond donors (Lipinski definition) is 4. The summed E-state index contributed by atoms with van der Waals surface area (Å²) in [5.74, 6) is 6.36. The molecule has 9 nitrogen and oxygen atoms in total. The van der Waals surface area contributed by atoms with E-state index in [-0.39, 0.29) is 0 Å². The lowest BCUT2D eigenvalue weighted by Crippen LogP contribution is -2.15. The van der Waals surface area contributed by atoms with Gasteiger partial charge in [-0.3, -0.25) is 15.2 Å². The molecular weight excluding hydrogens is 258 g/mol. The van der Waals surface area contributed by atoms with Gasteiger partial charge in [0.15, 0.2) is 5.65 Å². The van der Waals surface area contributed by atoms with Gasteiger partial charge in [0, 0.05) is 12.7 Å². The zero-order chi connectivity index (χ0) is 13.9. The quantitative estimate of drug-likeness (QED) is 0.388. The number of rotatable bonds is 5. The topological polar surface area (TPSA) is 122 Å². The molecule has 3 aromatic heterocycles. The summed E-state index contributed by atoms with van der Waals surface area (Å²) in [7, 11) is 0. The molecule has 0 saturated carbocycles. The summed E-state index contributed by atoms with van der Waals surface area (Å²) in [6, 6.07) is 0. The number of aromatic nitrogens is 6. The molecule has 0 spiro atoms. The molecule has 20 heavy (non-hydrogen) atoms. The van der Waals surface area contributed by atoms with Gasteiger partial charge < -0.3 is 5.32 Å². The van der Waals surface area contributed by atoms with Crippen LogP contribution in [-0.2, 0) is 6.54 Å². The monoisotopic (exact) mass is 273 g/mol. The van der Waals surface area contributed by atoms with Crippen LogP contribution in [0.2, 0.25) is 0 Å². The van der Waals surface area contributed by atoms with Crippen LogP contribution in [0.3, 0.4) is 0 Å². The van der Waals surface area contributed by atoms with E-state index in [1.165, 1.54) is 0 Å². The Hall–Kier alpha value is -2.68. The van der Waals surface area contributed by atoms with Crippen molar-refractivity contribution in [2.75, 3.05) is 17.3 Å². The molecule has 9 heteroatoms. The average Bonchev–Trinajstić information content (AvgIpc) is 3.07. The molecule has 0 fully saturated rings. The molecule has 0 unspecified atom stereocenters. The molecule has 0 atom stereocenters. The Balaban J connectivity index is 1.74. The Labute approximate surface area is 114 Å². The van der Waals surface area contributed by atoms with E-state index >= 15 is 0 Å². The van der Waals surface area contributed by atoms with Crippen LogP contribution in [0.5, 0.6) is 0 Å². The first-order chi connectivity index (χ1) is 9.76. The number of aryl methyl sites for hydroxylation is 1. The molecule has 0 bridgehead atoms. The van der Waals surface area contributed by atoms with Gasteiger partial charge in [-0.15, -0.1) is 0 Å². The largest absolute Gasteiger partial charge is 0.367 e. The number of nitrogens with zero attached hydrogens (tertiary/aromatic N) is 5. The van der Waals surface area contributed by atoms with Gasteiger partial charge in [0.05, 0.1) is 24.3 Å². The highest BCUT2D eigenvalue weighted by Gasteiger charge is 2.08. The zero-order valence-corrected chi connectivity index (χ0v) is 11.0. The summed E-state index contributed by atoms with van der Waals surface area (Å²) < 4.78 is 1.87. The first-order valence-electron chi connectivity index (χ1n) is 6.17. The maximum absolute atomic E-state index is 5.35. The standard InChI is InChI=1S/C11H15N9/c1-7-4-15-20(6-7)3-2-13-9-8-5-14-19-10(8)17-11(16-9)18-12/h4-6H,2-3,12H2,1H3,(H3,13,14,16,17,18,19). The van der Waals surface area contributed by atoms with Crippen molar-refractivity contribution in [3.05, 3.63) is 24.2 Å². The van der Waals surface area contributed by atoms with Crippen molar-refractivity contribution in [1.82, 2.24) is 29.9 Å². The van der Waals surface area contributed by atoms with Crippen LogP contribution >= 0.6 is 0 Å². The van der Waals surface area contributed by atoms with E-state index in [9.17, 15) is 0 Å². The Kier molecular flexibility index (Phi) is 3.17. The van der Waals surface area contributed by atoms with Gasteiger partial charge in [-0.1, -0.05) is 0 Å². The smallest absolute Gasteiger partial charge is 0.241 e. The number of nitrogen functional groups attached to an aromatic ring is 1. The summed E-state index contributed by atoms with van der Waals surface area (Å²) in [6.07, 6.45) is 5.49. The van der Waals surface area contributed by atoms with E-state index < -0.39 is 0 Å². The third kappa shape index (κ3) is 2.38. The fourth-order valence-corrected chi connectivity index (χ4v) is 1.91. The number of aromatic amines is 1. The molecule has 104 valence electrons. The second-order valence-electron chi connectivity index (χ2n) is 4.38. The van der Waals surface area contributed by atoms with E-state index in [2.05, 4.69) is 36.0 Å². The lowest BCUT2D eigenvalue weighted by molar-refractivity contribution is 0.637. The minimum absolute atomic E-state index is 0.333. The minimum atomic E-state index is 0.333. The van der Waals surface area contributed by atoms with E-state index in [0.717, 1.165) is 17.5 Å². The van der Waals surface area contributed by atoms with Crippen LogP contribution in [-0.4, -0.2) is 36.5 Å². The molecular formula is C11H15N9. The van der Waals surface area contributed by atoms with Crippen LogP contribution in [0.1, 0.15) is 5.56 Å². The summed E-state index contributed by atoms with van der Waals surface area (Å²) in [5.41, 5.74) is 4.20. The molecule has 0 saturated heterocycles. The van der Waals surface area contributed by atoms with Crippen molar-refractivity contribution in [2.24, 2.45) is 5.84 Å². The molecule has 3 rings (SSSR count). The molecule has 0 aliphatic heterocycles. The van der Waals surface area contributed by atoms with Crippen LogP contribution in [0, 0.1) is 6.92 Å². The van der Waals surface area contributed by atoms with Gasteiger partial charge in [0.1, 0.15) is 5.82 Å². The Bertz CT molecular complexity index is 714. The average molecular weight is 273 g/mol. The molecule has 5 N–H and O–H groups in total. The minimum Gasteiger partial charge on any atom is -0.367 e. The predicted octanol–water partition coefficient (Wildman–Crippen LogP) is 0.256. The molecule has 0 aromatic carbocycles. The number of nitrogens with two attached hydrogens (primary N) is 1. The third-order valence-electron chi connectivity index (χ3n) is 2.83. The lowest BCUT2D eigenvalue weighted by atomic mass is 10.4. The normalized spacial score (nSPS) is 10.9. The molecule has 0 amide bonds. The Morgan fingerprint density at radius 2 is 2.25 bits per heavy atom. The second kappa shape index (κ2) is 5.13. The Morgan fingerprint density at radius 1 is 1.35 bits per heavy atom. The summed E-state index contributed by atoms with van der Waals surface area (Å²) in [5, 5.41) is 15.0. The van der Waals surface area contributed by atoms with Crippen molar-refractivity contribution < 1.29 is 0 Å². The molecule has 0 radical (unpaired) electrons. The van der Waals surface area contributed by atoms with Crippen LogP contribution in [0.25, 0.3) is 11.0 Å². The van der Waals surface area contributed by atoms with Crippen molar-refractivity contribution in [1.29, 1.82) is 0 Å². The summed E-state index contributed by atoms with van der Waals surface area (Å²) >= 11 is 0. The highest BCUT2D eigenvalue weighted by Crippen LogP contribution is 2.19. The number of hydrazine groups is 1. The van der Waals surface area contributed by atoms with Gasteiger partial charge in [-0.2, -0.15) is 20.2 Å².